The van der Waals surface area contributed by atoms with Crippen molar-refractivity contribution in [3.8, 4) is 0 Å². The molecule has 0 bridgehead atoms. The molecule has 1 fully saturated rings. The SMILES string of the molecule is CCOC(=O)C1CCCN(CC=CCl)C1. The molecule has 0 aromatic heterocycles. The first-order valence-corrected chi connectivity index (χ1v) is 5.85. The van der Waals surface area contributed by atoms with Gasteiger partial charge in [-0.1, -0.05) is 17.7 Å². The monoisotopic (exact) mass is 231 g/mol. The fraction of sp³-hybridized carbons (Fsp3) is 0.727. The molecule has 1 aliphatic rings. The highest BCUT2D eigenvalue weighted by Crippen LogP contribution is 2.17. The van der Waals surface area contributed by atoms with E-state index >= 15 is 0 Å². The highest BCUT2D eigenvalue weighted by molar-refractivity contribution is 6.25. The first kappa shape index (κ1) is 12.5. The Morgan fingerprint density at radius 2 is 2.47 bits per heavy atom. The Labute approximate surface area is 96.0 Å². The van der Waals surface area contributed by atoms with E-state index in [9.17, 15) is 4.79 Å². The third-order valence-corrected chi connectivity index (χ3v) is 2.76. The molecule has 0 radical (unpaired) electrons. The summed E-state index contributed by atoms with van der Waals surface area (Å²) in [6, 6.07) is 0. The summed E-state index contributed by atoms with van der Waals surface area (Å²) in [5.41, 5.74) is 1.52. The average molecular weight is 232 g/mol. The van der Waals surface area contributed by atoms with Gasteiger partial charge in [0.2, 0.25) is 0 Å². The molecule has 1 unspecified atom stereocenters. The second-order valence-electron chi connectivity index (χ2n) is 3.71. The molecule has 1 saturated heterocycles. The van der Waals surface area contributed by atoms with Crippen molar-refractivity contribution in [2.24, 2.45) is 5.92 Å². The Morgan fingerprint density at radius 3 is 3.13 bits per heavy atom. The van der Waals surface area contributed by atoms with Crippen molar-refractivity contribution in [2.75, 3.05) is 26.2 Å². The molecular weight excluding hydrogens is 214 g/mol. The summed E-state index contributed by atoms with van der Waals surface area (Å²) in [4.78, 5) is 13.8. The van der Waals surface area contributed by atoms with Crippen LogP contribution in [0.2, 0.25) is 0 Å². The molecule has 0 aromatic rings. The van der Waals surface area contributed by atoms with Crippen molar-refractivity contribution in [3.05, 3.63) is 11.6 Å². The predicted octanol–water partition coefficient (Wildman–Crippen LogP) is 2.01. The van der Waals surface area contributed by atoms with Gasteiger partial charge >= 0.3 is 5.97 Å². The van der Waals surface area contributed by atoms with Gasteiger partial charge in [-0.05, 0) is 26.3 Å². The molecule has 1 rings (SSSR count). The van der Waals surface area contributed by atoms with Gasteiger partial charge in [0.1, 0.15) is 0 Å². The van der Waals surface area contributed by atoms with Crippen LogP contribution < -0.4 is 0 Å². The highest BCUT2D eigenvalue weighted by Gasteiger charge is 2.25. The molecule has 15 heavy (non-hydrogen) atoms. The van der Waals surface area contributed by atoms with E-state index in [4.69, 9.17) is 16.3 Å². The van der Waals surface area contributed by atoms with Crippen molar-refractivity contribution >= 4 is 17.6 Å². The molecule has 0 saturated carbocycles. The van der Waals surface area contributed by atoms with E-state index in [2.05, 4.69) is 4.90 Å². The van der Waals surface area contributed by atoms with Gasteiger partial charge in [-0.2, -0.15) is 0 Å². The fourth-order valence-electron chi connectivity index (χ4n) is 1.86. The fourth-order valence-corrected chi connectivity index (χ4v) is 1.94. The Balaban J connectivity index is 2.37. The number of likely N-dealkylation sites (tertiary alicyclic amines) is 1. The molecule has 1 atom stereocenters. The van der Waals surface area contributed by atoms with Gasteiger partial charge < -0.3 is 4.74 Å². The van der Waals surface area contributed by atoms with Crippen LogP contribution in [0.5, 0.6) is 0 Å². The minimum Gasteiger partial charge on any atom is -0.466 e. The van der Waals surface area contributed by atoms with Gasteiger partial charge in [0.15, 0.2) is 0 Å². The lowest BCUT2D eigenvalue weighted by atomic mass is 9.98. The number of carbonyl (C=O) groups is 1. The minimum atomic E-state index is -0.0583. The lowest BCUT2D eigenvalue weighted by Crippen LogP contribution is -2.39. The normalized spacial score (nSPS) is 23.2. The van der Waals surface area contributed by atoms with Crippen LogP contribution in [0.4, 0.5) is 0 Å². The first-order valence-electron chi connectivity index (χ1n) is 5.42. The number of halogens is 1. The zero-order valence-corrected chi connectivity index (χ0v) is 9.87. The van der Waals surface area contributed by atoms with Crippen LogP contribution in [0.25, 0.3) is 0 Å². The molecule has 86 valence electrons. The molecule has 0 amide bonds. The van der Waals surface area contributed by atoms with Crippen LogP contribution in [-0.2, 0) is 9.53 Å². The predicted molar refractivity (Wildman–Crippen MR) is 60.8 cm³/mol. The number of hydrogen-bond donors (Lipinski definition) is 0. The summed E-state index contributed by atoms with van der Waals surface area (Å²) in [5, 5.41) is 0. The standard InChI is InChI=1S/C11H18ClNO2/c1-2-15-11(14)10-5-3-7-13(9-10)8-4-6-12/h4,6,10H,2-3,5,7-9H2,1H3. The second kappa shape index (κ2) is 6.85. The first-order chi connectivity index (χ1) is 7.27. The largest absolute Gasteiger partial charge is 0.466 e. The van der Waals surface area contributed by atoms with Crippen molar-refractivity contribution in [3.63, 3.8) is 0 Å². The number of nitrogens with zero attached hydrogens (tertiary/aromatic N) is 1. The Morgan fingerprint density at radius 1 is 1.67 bits per heavy atom. The summed E-state index contributed by atoms with van der Waals surface area (Å²) in [7, 11) is 0. The van der Waals surface area contributed by atoms with Gasteiger partial charge in [0, 0.05) is 18.6 Å². The summed E-state index contributed by atoms with van der Waals surface area (Å²) in [5.74, 6) is -0.0144. The number of rotatable bonds is 4. The molecule has 4 heteroatoms. The summed E-state index contributed by atoms with van der Waals surface area (Å²) in [6.45, 7) is 4.96. The number of hydrogen-bond acceptors (Lipinski definition) is 3. The van der Waals surface area contributed by atoms with E-state index in [1.165, 1.54) is 5.54 Å². The summed E-state index contributed by atoms with van der Waals surface area (Å²) >= 11 is 5.47. The lowest BCUT2D eigenvalue weighted by Gasteiger charge is -2.30. The van der Waals surface area contributed by atoms with E-state index in [0.29, 0.717) is 6.61 Å². The smallest absolute Gasteiger partial charge is 0.310 e. The van der Waals surface area contributed by atoms with Gasteiger partial charge in [-0.3, -0.25) is 9.69 Å². The summed E-state index contributed by atoms with van der Waals surface area (Å²) < 4.78 is 5.02. The zero-order chi connectivity index (χ0) is 11.1. The maximum atomic E-state index is 11.5. The Bertz CT molecular complexity index is 231. The molecule has 0 spiro atoms. The maximum absolute atomic E-state index is 11.5. The third-order valence-electron chi connectivity index (χ3n) is 2.58. The number of piperidine rings is 1. The quantitative estimate of drug-likeness (QED) is 0.694. The molecule has 0 aromatic carbocycles. The molecular formula is C11H18ClNO2. The summed E-state index contributed by atoms with van der Waals surface area (Å²) in [6.07, 6.45) is 3.90. The van der Waals surface area contributed by atoms with Crippen molar-refractivity contribution < 1.29 is 9.53 Å². The van der Waals surface area contributed by atoms with Gasteiger partial charge in [-0.25, -0.2) is 0 Å². The number of esters is 1. The van der Waals surface area contributed by atoms with Gasteiger partial charge in [-0.15, -0.1) is 0 Å². The van der Waals surface area contributed by atoms with Gasteiger partial charge in [0.25, 0.3) is 0 Å². The lowest BCUT2D eigenvalue weighted by molar-refractivity contribution is -0.149. The van der Waals surface area contributed by atoms with Crippen molar-refractivity contribution in [2.45, 2.75) is 19.8 Å². The topological polar surface area (TPSA) is 29.5 Å². The molecule has 3 nitrogen and oxygen atoms in total. The van der Waals surface area contributed by atoms with Crippen LogP contribution in [0.15, 0.2) is 11.6 Å². The molecule has 1 heterocycles. The van der Waals surface area contributed by atoms with Crippen LogP contribution in [0.3, 0.4) is 0 Å². The van der Waals surface area contributed by atoms with Crippen LogP contribution >= 0.6 is 11.6 Å². The molecule has 0 aliphatic carbocycles. The van der Waals surface area contributed by atoms with E-state index in [0.717, 1.165) is 32.5 Å². The highest BCUT2D eigenvalue weighted by atomic mass is 35.5. The molecule has 0 N–H and O–H groups in total. The van der Waals surface area contributed by atoms with E-state index < -0.39 is 0 Å². The van der Waals surface area contributed by atoms with E-state index in [1.54, 1.807) is 0 Å². The van der Waals surface area contributed by atoms with Crippen molar-refractivity contribution in [1.29, 1.82) is 0 Å². The van der Waals surface area contributed by atoms with Crippen LogP contribution in [0.1, 0.15) is 19.8 Å². The van der Waals surface area contributed by atoms with Crippen LogP contribution in [-0.4, -0.2) is 37.1 Å². The Hall–Kier alpha value is -0.540. The minimum absolute atomic E-state index is 0.0439. The second-order valence-corrected chi connectivity index (χ2v) is 3.96. The molecule has 1 aliphatic heterocycles. The third kappa shape index (κ3) is 4.22. The number of carbonyl (C=O) groups excluding carboxylic acids is 1. The van der Waals surface area contributed by atoms with E-state index in [-0.39, 0.29) is 11.9 Å². The van der Waals surface area contributed by atoms with E-state index in [1.807, 2.05) is 13.0 Å². The zero-order valence-electron chi connectivity index (χ0n) is 9.12. The van der Waals surface area contributed by atoms with Gasteiger partial charge in [0.05, 0.1) is 12.5 Å². The average Bonchev–Trinajstić information content (AvgIpc) is 2.27. The Kier molecular flexibility index (Phi) is 5.73. The van der Waals surface area contributed by atoms with Crippen LogP contribution in [0, 0.1) is 5.92 Å². The maximum Gasteiger partial charge on any atom is 0.310 e. The van der Waals surface area contributed by atoms with Crippen molar-refractivity contribution in [1.82, 2.24) is 4.90 Å². The number of ether oxygens (including phenoxy) is 1.